The molecule has 1 fully saturated rings. The van der Waals surface area contributed by atoms with E-state index in [4.69, 9.17) is 0 Å². The highest BCUT2D eigenvalue weighted by atomic mass is 19.1. The van der Waals surface area contributed by atoms with Gasteiger partial charge in [-0.3, -0.25) is 9.48 Å². The van der Waals surface area contributed by atoms with E-state index in [9.17, 15) is 9.18 Å². The van der Waals surface area contributed by atoms with Crippen LogP contribution in [0.1, 0.15) is 25.3 Å². The standard InChI is InChI=1S/C21H22FN3O/c1-4-5-6-20-15(2)7-10-21(26)25(20)14-17-9-8-16(11-19(17)22)18-12-23-24(3)13-18/h4-6,8-9,11-13H,2,7,10,14H2,1,3H3. The first kappa shape index (κ1) is 17.9. The number of piperidine rings is 1. The molecule has 1 aliphatic heterocycles. The van der Waals surface area contributed by atoms with Crippen molar-refractivity contribution in [1.82, 2.24) is 14.7 Å². The van der Waals surface area contributed by atoms with E-state index in [1.165, 1.54) is 6.07 Å². The van der Waals surface area contributed by atoms with Crippen molar-refractivity contribution in [2.75, 3.05) is 0 Å². The van der Waals surface area contributed by atoms with Crippen LogP contribution in [0.15, 0.2) is 66.7 Å². The van der Waals surface area contributed by atoms with Crippen molar-refractivity contribution >= 4 is 5.91 Å². The summed E-state index contributed by atoms with van der Waals surface area (Å²) in [6, 6.07) is 5.08. The van der Waals surface area contributed by atoms with Crippen molar-refractivity contribution in [3.63, 3.8) is 0 Å². The summed E-state index contributed by atoms with van der Waals surface area (Å²) >= 11 is 0. The van der Waals surface area contributed by atoms with Crippen LogP contribution in [0, 0.1) is 5.82 Å². The maximum absolute atomic E-state index is 14.7. The second-order valence-electron chi connectivity index (χ2n) is 6.37. The minimum atomic E-state index is -0.333. The number of allylic oxidation sites excluding steroid dienone is 4. The molecule has 3 rings (SSSR count). The number of aromatic nitrogens is 2. The highest BCUT2D eigenvalue weighted by molar-refractivity contribution is 5.81. The van der Waals surface area contributed by atoms with Crippen molar-refractivity contribution in [1.29, 1.82) is 0 Å². The smallest absolute Gasteiger partial charge is 0.227 e. The second-order valence-corrected chi connectivity index (χ2v) is 6.37. The van der Waals surface area contributed by atoms with Crippen LogP contribution in [0.2, 0.25) is 0 Å². The molecule has 4 nitrogen and oxygen atoms in total. The third kappa shape index (κ3) is 3.67. The second kappa shape index (κ2) is 7.52. The van der Waals surface area contributed by atoms with Crippen LogP contribution in [0.4, 0.5) is 4.39 Å². The Labute approximate surface area is 152 Å². The van der Waals surface area contributed by atoms with Crippen LogP contribution < -0.4 is 0 Å². The van der Waals surface area contributed by atoms with E-state index >= 15 is 0 Å². The highest BCUT2D eigenvalue weighted by Crippen LogP contribution is 2.29. The van der Waals surface area contributed by atoms with Gasteiger partial charge in [0.05, 0.1) is 12.7 Å². The molecular weight excluding hydrogens is 329 g/mol. The number of likely N-dealkylation sites (tertiary alicyclic amines) is 1. The first-order chi connectivity index (χ1) is 12.5. The molecule has 1 aromatic carbocycles. The summed E-state index contributed by atoms with van der Waals surface area (Å²) in [7, 11) is 1.82. The molecule has 0 spiro atoms. The average molecular weight is 351 g/mol. The van der Waals surface area contributed by atoms with Crippen molar-refractivity contribution in [3.8, 4) is 11.1 Å². The van der Waals surface area contributed by atoms with Crippen LogP contribution >= 0.6 is 0 Å². The van der Waals surface area contributed by atoms with Gasteiger partial charge >= 0.3 is 0 Å². The molecule has 26 heavy (non-hydrogen) atoms. The predicted octanol–water partition coefficient (Wildman–Crippen LogP) is 4.36. The van der Waals surface area contributed by atoms with Gasteiger partial charge in [0.15, 0.2) is 0 Å². The summed E-state index contributed by atoms with van der Waals surface area (Å²) in [5.74, 6) is -0.343. The van der Waals surface area contributed by atoms with Gasteiger partial charge in [-0.25, -0.2) is 4.39 Å². The maximum Gasteiger partial charge on any atom is 0.227 e. The molecule has 0 radical (unpaired) electrons. The number of nitrogens with zero attached hydrogens (tertiary/aromatic N) is 3. The molecule has 0 saturated carbocycles. The number of carbonyl (C=O) groups is 1. The molecule has 1 amide bonds. The zero-order valence-corrected chi connectivity index (χ0v) is 15.1. The fourth-order valence-electron chi connectivity index (χ4n) is 3.01. The van der Waals surface area contributed by atoms with Gasteiger partial charge in [0.2, 0.25) is 5.91 Å². The lowest BCUT2D eigenvalue weighted by molar-refractivity contribution is -0.130. The molecule has 0 unspecified atom stereocenters. The zero-order chi connectivity index (χ0) is 18.7. The van der Waals surface area contributed by atoms with E-state index in [-0.39, 0.29) is 18.3 Å². The Balaban J connectivity index is 1.89. The molecule has 1 saturated heterocycles. The molecule has 2 heterocycles. The summed E-state index contributed by atoms with van der Waals surface area (Å²) < 4.78 is 16.4. The highest BCUT2D eigenvalue weighted by Gasteiger charge is 2.26. The molecule has 1 aliphatic rings. The first-order valence-corrected chi connectivity index (χ1v) is 8.58. The number of halogens is 1. The Morgan fingerprint density at radius 2 is 2.12 bits per heavy atom. The Morgan fingerprint density at radius 3 is 2.77 bits per heavy atom. The van der Waals surface area contributed by atoms with Gasteiger partial charge in [0.1, 0.15) is 5.82 Å². The fourth-order valence-corrected chi connectivity index (χ4v) is 3.01. The SMILES string of the molecule is C=C1CCC(=O)N(Cc2ccc(-c3cnn(C)c3)cc2F)C1=CC=CC. The van der Waals surface area contributed by atoms with Crippen molar-refractivity contribution < 1.29 is 9.18 Å². The minimum Gasteiger partial charge on any atom is -0.308 e. The van der Waals surface area contributed by atoms with Gasteiger partial charge in [-0.1, -0.05) is 30.9 Å². The van der Waals surface area contributed by atoms with Gasteiger partial charge in [0.25, 0.3) is 0 Å². The topological polar surface area (TPSA) is 38.1 Å². The van der Waals surface area contributed by atoms with Crippen LogP contribution in [-0.4, -0.2) is 20.6 Å². The van der Waals surface area contributed by atoms with E-state index in [1.54, 1.807) is 21.8 Å². The molecule has 0 bridgehead atoms. The number of aryl methyl sites for hydroxylation is 1. The van der Waals surface area contributed by atoms with Gasteiger partial charge in [0, 0.05) is 36.5 Å². The first-order valence-electron chi connectivity index (χ1n) is 8.58. The van der Waals surface area contributed by atoms with Crippen molar-refractivity contribution in [3.05, 3.63) is 78.1 Å². The molecule has 0 N–H and O–H groups in total. The summed E-state index contributed by atoms with van der Waals surface area (Å²) in [5, 5.41) is 4.11. The maximum atomic E-state index is 14.7. The molecular formula is C21H22FN3O. The fraction of sp³-hybridized carbons (Fsp3) is 0.238. The van der Waals surface area contributed by atoms with Crippen molar-refractivity contribution in [2.45, 2.75) is 26.3 Å². The Bertz CT molecular complexity index is 908. The number of carbonyl (C=O) groups excluding carboxylic acids is 1. The van der Waals surface area contributed by atoms with E-state index < -0.39 is 0 Å². The minimum absolute atomic E-state index is 0.0103. The average Bonchev–Trinajstić information content (AvgIpc) is 3.05. The third-order valence-electron chi connectivity index (χ3n) is 4.46. The molecule has 1 aromatic heterocycles. The van der Waals surface area contributed by atoms with Gasteiger partial charge < -0.3 is 4.90 Å². The van der Waals surface area contributed by atoms with Gasteiger partial charge in [-0.2, -0.15) is 5.10 Å². The monoisotopic (exact) mass is 351 g/mol. The van der Waals surface area contributed by atoms with Crippen molar-refractivity contribution in [2.24, 2.45) is 7.05 Å². The van der Waals surface area contributed by atoms with E-state index in [1.807, 2.05) is 44.5 Å². The predicted molar refractivity (Wildman–Crippen MR) is 100 cm³/mol. The quantitative estimate of drug-likeness (QED) is 0.821. The van der Waals surface area contributed by atoms with Crippen LogP contribution in [0.5, 0.6) is 0 Å². The summed E-state index contributed by atoms with van der Waals surface area (Å²) in [4.78, 5) is 14.0. The lowest BCUT2D eigenvalue weighted by atomic mass is 9.99. The van der Waals surface area contributed by atoms with E-state index in [2.05, 4.69) is 11.7 Å². The number of hydrogen-bond acceptors (Lipinski definition) is 2. The van der Waals surface area contributed by atoms with Crippen LogP contribution in [0.25, 0.3) is 11.1 Å². The Kier molecular flexibility index (Phi) is 5.16. The number of hydrogen-bond donors (Lipinski definition) is 0. The van der Waals surface area contributed by atoms with Crippen LogP contribution in [-0.2, 0) is 18.4 Å². The largest absolute Gasteiger partial charge is 0.308 e. The lowest BCUT2D eigenvalue weighted by Gasteiger charge is -2.31. The van der Waals surface area contributed by atoms with Gasteiger partial charge in [-0.15, -0.1) is 0 Å². The molecule has 0 atom stereocenters. The third-order valence-corrected chi connectivity index (χ3v) is 4.46. The number of benzene rings is 1. The van der Waals surface area contributed by atoms with E-state index in [0.29, 0.717) is 18.4 Å². The summed E-state index contributed by atoms with van der Waals surface area (Å²) in [6.45, 7) is 6.16. The Hall–Kier alpha value is -2.95. The molecule has 0 aliphatic carbocycles. The summed E-state index contributed by atoms with van der Waals surface area (Å²) in [5.41, 5.74) is 3.75. The summed E-state index contributed by atoms with van der Waals surface area (Å²) in [6.07, 6.45) is 10.2. The number of rotatable bonds is 4. The molecule has 5 heteroatoms. The molecule has 134 valence electrons. The van der Waals surface area contributed by atoms with Crippen LogP contribution in [0.3, 0.4) is 0 Å². The van der Waals surface area contributed by atoms with E-state index in [0.717, 1.165) is 22.4 Å². The molecule has 2 aromatic rings. The Morgan fingerprint density at radius 1 is 1.31 bits per heavy atom. The normalized spacial score (nSPS) is 16.9. The van der Waals surface area contributed by atoms with Gasteiger partial charge in [-0.05, 0) is 36.6 Å². The number of amides is 1. The lowest BCUT2D eigenvalue weighted by Crippen LogP contribution is -2.34. The zero-order valence-electron chi connectivity index (χ0n) is 15.1.